The van der Waals surface area contributed by atoms with Crippen LogP contribution >= 0.6 is 0 Å². The Morgan fingerprint density at radius 2 is 1.90 bits per heavy atom. The van der Waals surface area contributed by atoms with Crippen LogP contribution in [0.15, 0.2) is 54.6 Å². The standard InChI is InChI=1S/C21H21N5O3/c1-15-22-23-24-26(15)18(12-16-8-4-3-5-9-16)21(27)25(2)13-17-14-28-19-10-6-7-11-20(19)29-17/h3-12,17H,13-14H2,1-2H3. The van der Waals surface area contributed by atoms with Gasteiger partial charge in [-0.1, -0.05) is 42.5 Å². The van der Waals surface area contributed by atoms with Gasteiger partial charge >= 0.3 is 0 Å². The van der Waals surface area contributed by atoms with Gasteiger partial charge in [0.2, 0.25) is 0 Å². The van der Waals surface area contributed by atoms with E-state index in [1.165, 1.54) is 4.68 Å². The highest BCUT2D eigenvalue weighted by atomic mass is 16.6. The van der Waals surface area contributed by atoms with Gasteiger partial charge in [0.25, 0.3) is 5.91 Å². The fourth-order valence-corrected chi connectivity index (χ4v) is 3.11. The molecule has 3 aromatic rings. The summed E-state index contributed by atoms with van der Waals surface area (Å²) in [5.41, 5.74) is 1.24. The molecule has 0 N–H and O–H groups in total. The minimum absolute atomic E-state index is 0.216. The first-order valence-electron chi connectivity index (χ1n) is 9.28. The maximum atomic E-state index is 13.3. The van der Waals surface area contributed by atoms with E-state index in [-0.39, 0.29) is 12.0 Å². The van der Waals surface area contributed by atoms with E-state index < -0.39 is 0 Å². The highest BCUT2D eigenvalue weighted by Gasteiger charge is 2.26. The van der Waals surface area contributed by atoms with Crippen LogP contribution in [0.5, 0.6) is 11.5 Å². The van der Waals surface area contributed by atoms with Crippen LogP contribution in [0.1, 0.15) is 11.4 Å². The van der Waals surface area contributed by atoms with E-state index in [1.54, 1.807) is 24.9 Å². The molecule has 1 aliphatic heterocycles. The second-order valence-electron chi connectivity index (χ2n) is 6.76. The number of nitrogens with zero attached hydrogens (tertiary/aromatic N) is 5. The van der Waals surface area contributed by atoms with Gasteiger partial charge in [0.1, 0.15) is 12.3 Å². The summed E-state index contributed by atoms with van der Waals surface area (Å²) < 4.78 is 13.2. The highest BCUT2D eigenvalue weighted by Crippen LogP contribution is 2.31. The zero-order chi connectivity index (χ0) is 20.2. The average molecular weight is 391 g/mol. The number of likely N-dealkylation sites (N-methyl/N-ethyl adjacent to an activating group) is 1. The molecule has 1 aliphatic rings. The molecule has 1 amide bonds. The molecular weight excluding hydrogens is 370 g/mol. The Morgan fingerprint density at radius 3 is 2.62 bits per heavy atom. The number of ether oxygens (including phenoxy) is 2. The molecule has 8 heteroatoms. The quantitative estimate of drug-likeness (QED) is 0.621. The summed E-state index contributed by atoms with van der Waals surface area (Å²) >= 11 is 0. The van der Waals surface area contributed by atoms with Crippen LogP contribution < -0.4 is 9.47 Å². The van der Waals surface area contributed by atoms with Gasteiger partial charge in [-0.3, -0.25) is 4.79 Å². The van der Waals surface area contributed by atoms with E-state index in [0.717, 1.165) is 5.56 Å². The molecule has 1 atom stereocenters. The van der Waals surface area contributed by atoms with E-state index in [4.69, 9.17) is 9.47 Å². The number of amides is 1. The van der Waals surface area contributed by atoms with Gasteiger partial charge in [0.15, 0.2) is 23.4 Å². The third kappa shape index (κ3) is 4.11. The number of hydrogen-bond donors (Lipinski definition) is 0. The van der Waals surface area contributed by atoms with Gasteiger partial charge in [-0.2, -0.15) is 4.68 Å². The average Bonchev–Trinajstić information content (AvgIpc) is 3.17. The number of carbonyl (C=O) groups is 1. The fourth-order valence-electron chi connectivity index (χ4n) is 3.11. The van der Waals surface area contributed by atoms with Gasteiger partial charge < -0.3 is 14.4 Å². The zero-order valence-electron chi connectivity index (χ0n) is 16.2. The monoisotopic (exact) mass is 391 g/mol. The van der Waals surface area contributed by atoms with Crippen molar-refractivity contribution in [2.45, 2.75) is 13.0 Å². The smallest absolute Gasteiger partial charge is 0.272 e. The zero-order valence-corrected chi connectivity index (χ0v) is 16.2. The van der Waals surface area contributed by atoms with Crippen molar-refractivity contribution in [1.82, 2.24) is 25.1 Å². The SMILES string of the molecule is Cc1nnnn1C(=Cc1ccccc1)C(=O)N(C)CC1COc2ccccc2O1. The van der Waals surface area contributed by atoms with Gasteiger partial charge in [-0.15, -0.1) is 5.10 Å². The minimum Gasteiger partial charge on any atom is -0.486 e. The summed E-state index contributed by atoms with van der Waals surface area (Å²) in [6.07, 6.45) is 1.50. The van der Waals surface area contributed by atoms with E-state index >= 15 is 0 Å². The second-order valence-corrected chi connectivity index (χ2v) is 6.76. The Balaban J connectivity index is 1.55. The molecule has 0 fully saturated rings. The molecule has 29 heavy (non-hydrogen) atoms. The number of carbonyl (C=O) groups excluding carboxylic acids is 1. The Kier molecular flexibility index (Phi) is 5.24. The van der Waals surface area contributed by atoms with Gasteiger partial charge in [-0.25, -0.2) is 0 Å². The summed E-state index contributed by atoms with van der Waals surface area (Å²) in [6.45, 7) is 2.48. The van der Waals surface area contributed by atoms with Crippen molar-refractivity contribution in [2.24, 2.45) is 0 Å². The van der Waals surface area contributed by atoms with E-state index in [2.05, 4.69) is 15.5 Å². The van der Waals surface area contributed by atoms with Gasteiger partial charge in [0, 0.05) is 7.05 Å². The molecule has 148 valence electrons. The molecule has 0 saturated heterocycles. The predicted octanol–water partition coefficient (Wildman–Crippen LogP) is 2.28. The normalized spacial score (nSPS) is 15.8. The Morgan fingerprint density at radius 1 is 1.17 bits per heavy atom. The molecular formula is C21H21N5O3. The van der Waals surface area contributed by atoms with Crippen molar-refractivity contribution >= 4 is 17.7 Å². The van der Waals surface area contributed by atoms with Crippen LogP contribution in [0.3, 0.4) is 0 Å². The van der Waals surface area contributed by atoms with Crippen LogP contribution in [-0.2, 0) is 4.79 Å². The number of tetrazole rings is 1. The third-order valence-corrected chi connectivity index (χ3v) is 4.57. The summed E-state index contributed by atoms with van der Waals surface area (Å²) in [4.78, 5) is 14.9. The number of fused-ring (bicyclic) bond motifs is 1. The molecule has 0 spiro atoms. The second kappa shape index (κ2) is 8.14. The highest BCUT2D eigenvalue weighted by molar-refractivity contribution is 6.18. The molecule has 0 aliphatic carbocycles. The maximum absolute atomic E-state index is 13.3. The molecule has 2 heterocycles. The number of hydrogen-bond acceptors (Lipinski definition) is 6. The topological polar surface area (TPSA) is 82.4 Å². The van der Waals surface area contributed by atoms with Crippen molar-refractivity contribution in [3.05, 3.63) is 66.0 Å². The molecule has 2 aromatic carbocycles. The van der Waals surface area contributed by atoms with Crippen LogP contribution in [0, 0.1) is 6.92 Å². The lowest BCUT2D eigenvalue weighted by Gasteiger charge is -2.30. The summed E-state index contributed by atoms with van der Waals surface area (Å²) in [5.74, 6) is 1.71. The van der Waals surface area contributed by atoms with Crippen LogP contribution in [0.4, 0.5) is 0 Å². The Hall–Kier alpha value is -3.68. The van der Waals surface area contributed by atoms with Gasteiger partial charge in [0.05, 0.1) is 6.54 Å². The first-order valence-corrected chi connectivity index (χ1v) is 9.28. The van der Waals surface area contributed by atoms with Crippen molar-refractivity contribution in [3.8, 4) is 11.5 Å². The largest absolute Gasteiger partial charge is 0.486 e. The third-order valence-electron chi connectivity index (χ3n) is 4.57. The number of rotatable bonds is 5. The fraction of sp³-hybridized carbons (Fsp3) is 0.238. The molecule has 0 bridgehead atoms. The van der Waals surface area contributed by atoms with Crippen molar-refractivity contribution < 1.29 is 14.3 Å². The predicted molar refractivity (Wildman–Crippen MR) is 107 cm³/mol. The van der Waals surface area contributed by atoms with E-state index in [9.17, 15) is 4.79 Å². The van der Waals surface area contributed by atoms with Crippen LogP contribution in [0.25, 0.3) is 11.8 Å². The minimum atomic E-state index is -0.271. The van der Waals surface area contributed by atoms with E-state index in [1.807, 2.05) is 54.6 Å². The van der Waals surface area contributed by atoms with Crippen molar-refractivity contribution in [3.63, 3.8) is 0 Å². The number of benzene rings is 2. The molecule has 0 radical (unpaired) electrons. The van der Waals surface area contributed by atoms with Crippen LogP contribution in [0.2, 0.25) is 0 Å². The molecule has 1 aromatic heterocycles. The van der Waals surface area contributed by atoms with Crippen molar-refractivity contribution in [2.75, 3.05) is 20.2 Å². The van der Waals surface area contributed by atoms with Crippen LogP contribution in [-0.4, -0.2) is 57.3 Å². The summed E-state index contributed by atoms with van der Waals surface area (Å²) in [7, 11) is 1.73. The van der Waals surface area contributed by atoms with Gasteiger partial charge in [-0.05, 0) is 41.1 Å². The first kappa shape index (κ1) is 18.7. The molecule has 1 unspecified atom stereocenters. The van der Waals surface area contributed by atoms with E-state index in [0.29, 0.717) is 36.2 Å². The number of aryl methyl sites for hydroxylation is 1. The lowest BCUT2D eigenvalue weighted by Crippen LogP contribution is -2.42. The molecule has 0 saturated carbocycles. The molecule has 8 nitrogen and oxygen atoms in total. The lowest BCUT2D eigenvalue weighted by molar-refractivity contribution is -0.125. The maximum Gasteiger partial charge on any atom is 0.272 e. The number of para-hydroxylation sites is 2. The van der Waals surface area contributed by atoms with Crippen molar-refractivity contribution in [1.29, 1.82) is 0 Å². The summed E-state index contributed by atoms with van der Waals surface area (Å²) in [5, 5.41) is 11.6. The summed E-state index contributed by atoms with van der Waals surface area (Å²) in [6, 6.07) is 17.1. The lowest BCUT2D eigenvalue weighted by atomic mass is 10.2. The Labute approximate surface area is 168 Å². The number of aromatic nitrogens is 4. The Bertz CT molecular complexity index is 1030. The molecule has 4 rings (SSSR count). The first-order chi connectivity index (χ1) is 14.1.